The van der Waals surface area contributed by atoms with Gasteiger partial charge in [0.05, 0.1) is 0 Å². The Morgan fingerprint density at radius 3 is 1.07 bits per heavy atom. The van der Waals surface area contributed by atoms with Crippen LogP contribution in [-0.2, 0) is 0 Å². The highest BCUT2D eigenvalue weighted by Crippen LogP contribution is 2.31. The van der Waals surface area contributed by atoms with Gasteiger partial charge in [0.2, 0.25) is 7.59 Å². The molecule has 0 aromatic rings. The summed E-state index contributed by atoms with van der Waals surface area (Å²) in [6.45, 7) is 0. The van der Waals surface area contributed by atoms with E-state index in [0.29, 0.717) is 0 Å². The minimum atomic E-state index is -1.97. The Morgan fingerprint density at radius 1 is 0.714 bits per heavy atom. The monoisotopic (exact) mass is 318 g/mol. The van der Waals surface area contributed by atoms with E-state index in [0.717, 1.165) is 0 Å². The van der Waals surface area contributed by atoms with Gasteiger partial charge in [0.1, 0.15) is 0 Å². The first-order valence-electron chi connectivity index (χ1n) is 3.05. The topological polar surface area (TPSA) is 40.5 Å². The zero-order valence-corrected chi connectivity index (χ0v) is 10.9. The van der Waals surface area contributed by atoms with Crippen LogP contribution in [0.2, 0.25) is 0 Å². The molecule has 0 aromatic heterocycles. The number of alkyl halides is 6. The first-order chi connectivity index (χ1) is 6.05. The molecule has 0 aliphatic heterocycles. The van der Waals surface area contributed by atoms with Gasteiger partial charge in [0.25, 0.3) is 0 Å². The molecule has 0 heterocycles. The predicted molar refractivity (Wildman–Crippen MR) is 60.4 cm³/mol. The largest absolute Gasteiger partial charge is 0.376 e. The SMILES string of the molecule is O[C@@H](C#C[C@H](O)C(Cl)(Cl)Cl)C(Cl)(Cl)Cl. The van der Waals surface area contributed by atoms with Gasteiger partial charge < -0.3 is 10.2 Å². The van der Waals surface area contributed by atoms with Gasteiger partial charge in [-0.3, -0.25) is 0 Å². The van der Waals surface area contributed by atoms with Crippen LogP contribution in [0, 0.1) is 11.8 Å². The van der Waals surface area contributed by atoms with Crippen LogP contribution in [0.15, 0.2) is 0 Å². The van der Waals surface area contributed by atoms with Gasteiger partial charge in [0, 0.05) is 0 Å². The smallest absolute Gasteiger partial charge is 0.227 e. The van der Waals surface area contributed by atoms with E-state index < -0.39 is 19.8 Å². The lowest BCUT2D eigenvalue weighted by molar-refractivity contribution is 0.226. The van der Waals surface area contributed by atoms with Crippen molar-refractivity contribution in [2.75, 3.05) is 0 Å². The molecule has 2 atom stereocenters. The fraction of sp³-hybridized carbons (Fsp3) is 0.667. The van der Waals surface area contributed by atoms with Crippen molar-refractivity contribution < 1.29 is 10.2 Å². The van der Waals surface area contributed by atoms with Crippen LogP contribution in [-0.4, -0.2) is 30.0 Å². The minimum absolute atomic E-state index is 1.57. The molecule has 8 heteroatoms. The minimum Gasteiger partial charge on any atom is -0.376 e. The van der Waals surface area contributed by atoms with Gasteiger partial charge >= 0.3 is 0 Å². The molecule has 0 radical (unpaired) electrons. The summed E-state index contributed by atoms with van der Waals surface area (Å²) in [6.07, 6.45) is -3.15. The number of halogens is 6. The Labute approximate surface area is 111 Å². The van der Waals surface area contributed by atoms with Crippen LogP contribution < -0.4 is 0 Å². The van der Waals surface area contributed by atoms with Crippen molar-refractivity contribution in [2.45, 2.75) is 19.8 Å². The zero-order valence-electron chi connectivity index (χ0n) is 6.32. The van der Waals surface area contributed by atoms with Gasteiger partial charge in [0.15, 0.2) is 12.2 Å². The van der Waals surface area contributed by atoms with E-state index >= 15 is 0 Å². The third-order valence-corrected chi connectivity index (χ3v) is 2.22. The second kappa shape index (κ2) is 5.52. The summed E-state index contributed by atoms with van der Waals surface area (Å²) in [4.78, 5) is 0. The Bertz CT molecular complexity index is 220. The van der Waals surface area contributed by atoms with Crippen molar-refractivity contribution in [2.24, 2.45) is 0 Å². The lowest BCUT2D eigenvalue weighted by Gasteiger charge is -2.15. The van der Waals surface area contributed by atoms with Crippen molar-refractivity contribution in [1.29, 1.82) is 0 Å². The zero-order chi connectivity index (χ0) is 11.6. The summed E-state index contributed by atoms with van der Waals surface area (Å²) in [7, 11) is 0. The van der Waals surface area contributed by atoms with E-state index in [4.69, 9.17) is 79.8 Å². The molecule has 0 fully saturated rings. The van der Waals surface area contributed by atoms with Crippen molar-refractivity contribution in [3.05, 3.63) is 0 Å². The van der Waals surface area contributed by atoms with Crippen LogP contribution in [0.3, 0.4) is 0 Å². The highest BCUT2D eigenvalue weighted by molar-refractivity contribution is 6.68. The van der Waals surface area contributed by atoms with Crippen molar-refractivity contribution in [3.8, 4) is 11.8 Å². The molecule has 14 heavy (non-hydrogen) atoms. The fourth-order valence-electron chi connectivity index (χ4n) is 0.322. The second-order valence-corrected chi connectivity index (χ2v) is 6.91. The molecule has 0 saturated heterocycles. The molecule has 0 spiro atoms. The van der Waals surface area contributed by atoms with Crippen LogP contribution >= 0.6 is 69.6 Å². The van der Waals surface area contributed by atoms with Gasteiger partial charge in [-0.2, -0.15) is 0 Å². The molecule has 82 valence electrons. The number of aliphatic hydroxyl groups is 2. The number of hydrogen-bond acceptors (Lipinski definition) is 2. The highest BCUT2D eigenvalue weighted by atomic mass is 35.6. The lowest BCUT2D eigenvalue weighted by atomic mass is 10.3. The van der Waals surface area contributed by atoms with Gasteiger partial charge in [-0.25, -0.2) is 0 Å². The van der Waals surface area contributed by atoms with E-state index in [2.05, 4.69) is 0 Å². The second-order valence-electron chi connectivity index (χ2n) is 2.18. The summed E-state index contributed by atoms with van der Waals surface area (Å²) in [5, 5.41) is 18.2. The molecule has 0 rings (SSSR count). The van der Waals surface area contributed by atoms with Crippen LogP contribution in [0.1, 0.15) is 0 Å². The van der Waals surface area contributed by atoms with Crippen LogP contribution in [0.25, 0.3) is 0 Å². The molecule has 2 N–H and O–H groups in total. The molecule has 0 unspecified atom stereocenters. The summed E-state index contributed by atoms with van der Waals surface area (Å²) in [6, 6.07) is 0. The van der Waals surface area contributed by atoms with E-state index in [1.165, 1.54) is 0 Å². The number of aliphatic hydroxyl groups excluding tert-OH is 2. The molecule has 2 nitrogen and oxygen atoms in total. The maximum Gasteiger partial charge on any atom is 0.227 e. The molecule has 0 aromatic carbocycles. The molecular formula is C6H4Cl6O2. The maximum absolute atomic E-state index is 9.09. The van der Waals surface area contributed by atoms with Gasteiger partial charge in [-0.1, -0.05) is 81.4 Å². The third kappa shape index (κ3) is 5.95. The van der Waals surface area contributed by atoms with E-state index in [9.17, 15) is 0 Å². The normalized spacial score (nSPS) is 16.9. The number of rotatable bonds is 0. The first-order valence-corrected chi connectivity index (χ1v) is 5.32. The van der Waals surface area contributed by atoms with Crippen molar-refractivity contribution >= 4 is 69.6 Å². The Morgan fingerprint density at radius 2 is 0.929 bits per heavy atom. The molecule has 0 aliphatic carbocycles. The van der Waals surface area contributed by atoms with Crippen molar-refractivity contribution in [1.82, 2.24) is 0 Å². The van der Waals surface area contributed by atoms with Crippen LogP contribution in [0.5, 0.6) is 0 Å². The summed E-state index contributed by atoms with van der Waals surface area (Å²) in [5.41, 5.74) is 0. The standard InChI is InChI=1S/C6H4Cl6O2/c7-5(8,9)3(13)1-2-4(14)6(10,11)12/h3-4,13-14H/t3-,4-/m0/s1. The Hall–Kier alpha value is 1.22. The average Bonchev–Trinajstić information content (AvgIpc) is 1.95. The Kier molecular flexibility index (Phi) is 6.00. The fourth-order valence-corrected chi connectivity index (χ4v) is 0.649. The summed E-state index contributed by atoms with van der Waals surface area (Å²) >= 11 is 31.7. The quantitative estimate of drug-likeness (QED) is 0.532. The van der Waals surface area contributed by atoms with E-state index in [1.807, 2.05) is 11.8 Å². The predicted octanol–water partition coefficient (Wildman–Crippen LogP) is 2.45. The molecule has 0 saturated carbocycles. The van der Waals surface area contributed by atoms with Gasteiger partial charge in [-0.15, -0.1) is 0 Å². The highest BCUT2D eigenvalue weighted by Gasteiger charge is 2.32. The van der Waals surface area contributed by atoms with Gasteiger partial charge in [-0.05, 0) is 0 Å². The third-order valence-electron chi connectivity index (χ3n) is 0.977. The first kappa shape index (κ1) is 15.2. The summed E-state index contributed by atoms with van der Waals surface area (Å²) in [5.74, 6) is 4.07. The van der Waals surface area contributed by atoms with E-state index in [-0.39, 0.29) is 0 Å². The molecule has 0 amide bonds. The molecular weight excluding hydrogens is 317 g/mol. The molecule has 0 aliphatic rings. The van der Waals surface area contributed by atoms with Crippen LogP contribution in [0.4, 0.5) is 0 Å². The van der Waals surface area contributed by atoms with E-state index in [1.54, 1.807) is 0 Å². The lowest BCUT2D eigenvalue weighted by Crippen LogP contribution is -2.26. The number of hydrogen-bond donors (Lipinski definition) is 2. The maximum atomic E-state index is 9.09. The summed E-state index contributed by atoms with van der Waals surface area (Å²) < 4.78 is -3.94. The van der Waals surface area contributed by atoms with Crippen molar-refractivity contribution in [3.63, 3.8) is 0 Å². The Balaban J connectivity index is 4.46. The molecule has 0 bridgehead atoms. The average molecular weight is 321 g/mol.